The molecule has 2 fully saturated rings. The lowest BCUT2D eigenvalue weighted by Gasteiger charge is -2.28. The van der Waals surface area contributed by atoms with Crippen LogP contribution in [0.25, 0.3) is 6.08 Å². The number of imide groups is 1. The number of hydrogen-bond acceptors (Lipinski definition) is 7. The van der Waals surface area contributed by atoms with Crippen molar-refractivity contribution in [3.05, 3.63) is 58.1 Å². The minimum absolute atomic E-state index is 0.0177. The molecule has 2 aliphatic rings. The molecule has 2 aliphatic heterocycles. The van der Waals surface area contributed by atoms with Gasteiger partial charge < -0.3 is 14.1 Å². The van der Waals surface area contributed by atoms with Gasteiger partial charge in [0.2, 0.25) is 5.76 Å². The topological polar surface area (TPSA) is 80.1 Å². The molecule has 0 atom stereocenters. The number of amides is 2. The van der Waals surface area contributed by atoms with Crippen LogP contribution in [-0.4, -0.2) is 42.2 Å². The van der Waals surface area contributed by atoms with Gasteiger partial charge in [0.25, 0.3) is 11.1 Å². The summed E-state index contributed by atoms with van der Waals surface area (Å²) in [7, 11) is 1.23. The van der Waals surface area contributed by atoms with Crippen LogP contribution in [0.2, 0.25) is 0 Å². The van der Waals surface area contributed by atoms with E-state index in [1.54, 1.807) is 6.07 Å². The number of esters is 1. The van der Waals surface area contributed by atoms with Crippen molar-refractivity contribution in [2.24, 2.45) is 0 Å². The molecule has 2 saturated heterocycles. The zero-order chi connectivity index (χ0) is 22.0. The summed E-state index contributed by atoms with van der Waals surface area (Å²) in [6.07, 6.45) is 4.76. The first-order valence-electron chi connectivity index (χ1n) is 9.93. The number of carbonyl (C=O) groups excluding carboxylic acids is 3. The van der Waals surface area contributed by atoms with Crippen LogP contribution in [0, 0.1) is 5.82 Å². The lowest BCUT2D eigenvalue weighted by Crippen LogP contribution is -2.29. The third-order valence-corrected chi connectivity index (χ3v) is 6.14. The first-order chi connectivity index (χ1) is 15.0. The molecule has 1 aromatic carbocycles. The molecule has 2 aromatic rings. The van der Waals surface area contributed by atoms with E-state index < -0.39 is 22.9 Å². The monoisotopic (exact) mass is 444 g/mol. The van der Waals surface area contributed by atoms with E-state index in [0.29, 0.717) is 0 Å². The zero-order valence-electron chi connectivity index (χ0n) is 16.9. The molecule has 0 N–H and O–H groups in total. The van der Waals surface area contributed by atoms with Crippen molar-refractivity contribution in [1.82, 2.24) is 4.90 Å². The van der Waals surface area contributed by atoms with E-state index in [-0.39, 0.29) is 28.5 Å². The first kappa shape index (κ1) is 21.2. The van der Waals surface area contributed by atoms with E-state index in [1.807, 2.05) is 6.07 Å². The number of anilines is 1. The Morgan fingerprint density at radius 3 is 2.68 bits per heavy atom. The molecular weight excluding hydrogens is 423 g/mol. The second kappa shape index (κ2) is 8.97. The first-order valence-corrected chi connectivity index (χ1v) is 10.7. The normalized spacial score (nSPS) is 18.2. The largest absolute Gasteiger partial charge is 0.463 e. The van der Waals surface area contributed by atoms with Crippen LogP contribution in [0.5, 0.6) is 0 Å². The van der Waals surface area contributed by atoms with Crippen LogP contribution in [0.4, 0.5) is 14.9 Å². The van der Waals surface area contributed by atoms with Gasteiger partial charge in [-0.1, -0.05) is 0 Å². The maximum absolute atomic E-state index is 14.7. The molecule has 4 rings (SSSR count). The van der Waals surface area contributed by atoms with Crippen molar-refractivity contribution in [2.75, 3.05) is 25.1 Å². The Hall–Kier alpha value is -3.07. The Morgan fingerprint density at radius 2 is 1.97 bits per heavy atom. The maximum atomic E-state index is 14.7. The van der Waals surface area contributed by atoms with Crippen LogP contribution < -0.4 is 4.90 Å². The molecule has 3 heterocycles. The van der Waals surface area contributed by atoms with Crippen LogP contribution >= 0.6 is 11.8 Å². The van der Waals surface area contributed by atoms with Crippen molar-refractivity contribution in [1.29, 1.82) is 0 Å². The van der Waals surface area contributed by atoms with Crippen molar-refractivity contribution in [3.63, 3.8) is 0 Å². The Labute approximate surface area is 182 Å². The zero-order valence-corrected chi connectivity index (χ0v) is 17.7. The van der Waals surface area contributed by atoms with Gasteiger partial charge in [0, 0.05) is 24.3 Å². The van der Waals surface area contributed by atoms with Crippen molar-refractivity contribution >= 4 is 40.6 Å². The number of benzene rings is 1. The molecule has 0 spiro atoms. The molecular formula is C22H21FN2O5S. The van der Waals surface area contributed by atoms with Gasteiger partial charge in [-0.2, -0.15) is 0 Å². The van der Waals surface area contributed by atoms with Gasteiger partial charge in [0.15, 0.2) is 0 Å². The number of thioether (sulfide) groups is 1. The summed E-state index contributed by atoms with van der Waals surface area (Å²) in [6.45, 7) is 1.68. The van der Waals surface area contributed by atoms with Crippen molar-refractivity contribution < 1.29 is 27.9 Å². The lowest BCUT2D eigenvalue weighted by atomic mass is 10.1. The molecule has 1 aromatic heterocycles. The number of halogens is 1. The fraction of sp³-hybridized carbons (Fsp3) is 0.318. The van der Waals surface area contributed by atoms with E-state index in [0.717, 1.165) is 48.3 Å². The number of methoxy groups -OCH3 is 1. The molecule has 0 radical (unpaired) electrons. The van der Waals surface area contributed by atoms with E-state index in [2.05, 4.69) is 9.64 Å². The summed E-state index contributed by atoms with van der Waals surface area (Å²) < 4.78 is 24.6. The second-order valence-electron chi connectivity index (χ2n) is 7.28. The molecule has 0 unspecified atom stereocenters. The number of nitrogens with zero attached hydrogens (tertiary/aromatic N) is 2. The highest BCUT2D eigenvalue weighted by atomic mass is 32.2. The summed E-state index contributed by atoms with van der Waals surface area (Å²) in [5, 5.41) is -0.488. The summed E-state index contributed by atoms with van der Waals surface area (Å²) in [5.41, 5.74) is 1.07. The maximum Gasteiger partial charge on any atom is 0.373 e. The fourth-order valence-corrected chi connectivity index (χ4v) is 4.42. The van der Waals surface area contributed by atoms with Crippen LogP contribution in [0.1, 0.15) is 41.1 Å². The van der Waals surface area contributed by atoms with Crippen LogP contribution in [0.3, 0.4) is 0 Å². The van der Waals surface area contributed by atoms with Crippen LogP contribution in [-0.2, 0) is 16.1 Å². The van der Waals surface area contributed by atoms with Gasteiger partial charge in [0.05, 0.1) is 18.6 Å². The quantitative estimate of drug-likeness (QED) is 0.498. The summed E-state index contributed by atoms with van der Waals surface area (Å²) in [4.78, 5) is 39.8. The third-order valence-electron chi connectivity index (χ3n) is 5.23. The highest BCUT2D eigenvalue weighted by molar-refractivity contribution is 8.18. The van der Waals surface area contributed by atoms with Gasteiger partial charge in [-0.3, -0.25) is 14.5 Å². The summed E-state index contributed by atoms with van der Waals surface area (Å²) >= 11 is 0.743. The number of hydrogen-bond donors (Lipinski definition) is 0. The van der Waals surface area contributed by atoms with E-state index >= 15 is 0 Å². The third kappa shape index (κ3) is 4.51. The highest BCUT2D eigenvalue weighted by Crippen LogP contribution is 2.34. The average molecular weight is 444 g/mol. The highest BCUT2D eigenvalue weighted by Gasteiger charge is 2.36. The second-order valence-corrected chi connectivity index (χ2v) is 8.27. The Morgan fingerprint density at radius 1 is 1.19 bits per heavy atom. The number of ether oxygens (including phenoxy) is 1. The average Bonchev–Trinajstić information content (AvgIpc) is 3.35. The van der Waals surface area contributed by atoms with Gasteiger partial charge in [-0.25, -0.2) is 9.18 Å². The standard InChI is InChI=1S/C22H21FN2O5S/c1-29-21(27)18-8-7-16(30-18)13-25-20(26)19(31-22(25)28)11-14-5-6-15(12-17(14)23)24-9-3-2-4-10-24/h5-8,11-12H,2-4,9-10,13H2,1H3. The number of rotatable bonds is 5. The molecule has 31 heavy (non-hydrogen) atoms. The number of carbonyl (C=O) groups is 3. The summed E-state index contributed by atoms with van der Waals surface area (Å²) in [5.74, 6) is -1.38. The van der Waals surface area contributed by atoms with Crippen molar-refractivity contribution in [3.8, 4) is 0 Å². The Bertz CT molecular complexity index is 1060. The number of furan rings is 1. The molecule has 7 nitrogen and oxygen atoms in total. The van der Waals surface area contributed by atoms with E-state index in [9.17, 15) is 18.8 Å². The minimum atomic E-state index is -0.649. The molecule has 162 valence electrons. The van der Waals surface area contributed by atoms with Gasteiger partial charge >= 0.3 is 5.97 Å². The van der Waals surface area contributed by atoms with Gasteiger partial charge in [0.1, 0.15) is 11.6 Å². The summed E-state index contributed by atoms with van der Waals surface area (Å²) in [6, 6.07) is 7.84. The van der Waals surface area contributed by atoms with E-state index in [1.165, 1.54) is 37.8 Å². The molecule has 2 amide bonds. The predicted molar refractivity (Wildman–Crippen MR) is 114 cm³/mol. The van der Waals surface area contributed by atoms with Gasteiger partial charge in [-0.05, 0) is 67.4 Å². The van der Waals surface area contributed by atoms with E-state index in [4.69, 9.17) is 4.42 Å². The number of piperidine rings is 1. The molecule has 0 bridgehead atoms. The smallest absolute Gasteiger partial charge is 0.373 e. The van der Waals surface area contributed by atoms with Crippen molar-refractivity contribution in [2.45, 2.75) is 25.8 Å². The SMILES string of the molecule is COC(=O)c1ccc(CN2C(=O)SC(=Cc3ccc(N4CCCCC4)cc3F)C2=O)o1. The molecule has 0 aliphatic carbocycles. The Balaban J connectivity index is 1.49. The molecule has 9 heteroatoms. The fourth-order valence-electron chi connectivity index (χ4n) is 3.59. The lowest BCUT2D eigenvalue weighted by molar-refractivity contribution is -0.123. The molecule has 0 saturated carbocycles. The van der Waals surface area contributed by atoms with Crippen LogP contribution in [0.15, 0.2) is 39.7 Å². The van der Waals surface area contributed by atoms with Gasteiger partial charge in [-0.15, -0.1) is 0 Å². The minimum Gasteiger partial charge on any atom is -0.463 e. The Kier molecular flexibility index (Phi) is 6.13. The predicted octanol–water partition coefficient (Wildman–Crippen LogP) is 4.43.